The van der Waals surface area contributed by atoms with Crippen molar-refractivity contribution < 1.29 is 32.2 Å². The molecule has 1 unspecified atom stereocenters. The number of nitrogens with one attached hydrogen (secondary N) is 1. The molecule has 156 valence electrons. The molecule has 0 radical (unpaired) electrons. The maximum absolute atomic E-state index is 13.0. The van der Waals surface area contributed by atoms with Crippen molar-refractivity contribution in [1.29, 1.82) is 0 Å². The summed E-state index contributed by atoms with van der Waals surface area (Å²) < 4.78 is 50.3. The van der Waals surface area contributed by atoms with E-state index in [1.165, 1.54) is 19.1 Å². The predicted molar refractivity (Wildman–Crippen MR) is 104 cm³/mol. The lowest BCUT2D eigenvalue weighted by Gasteiger charge is -2.16. The molecule has 0 aromatic heterocycles. The SMILES string of the molecule is CC(OC(=O)CCCOc1cccc(Br)c1)C(=O)Nc1ccccc1C(F)(F)F. The third-order valence-electron chi connectivity index (χ3n) is 3.76. The molecule has 0 heterocycles. The van der Waals surface area contributed by atoms with Crippen LogP contribution in [0.25, 0.3) is 0 Å². The fourth-order valence-corrected chi connectivity index (χ4v) is 2.72. The topological polar surface area (TPSA) is 64.6 Å². The summed E-state index contributed by atoms with van der Waals surface area (Å²) in [5, 5.41) is 2.15. The molecule has 9 heteroatoms. The number of ether oxygens (including phenoxy) is 2. The zero-order valence-electron chi connectivity index (χ0n) is 15.5. The van der Waals surface area contributed by atoms with Crippen LogP contribution in [-0.2, 0) is 20.5 Å². The van der Waals surface area contributed by atoms with Crippen LogP contribution in [0.2, 0.25) is 0 Å². The zero-order chi connectivity index (χ0) is 21.4. The van der Waals surface area contributed by atoms with E-state index in [0.29, 0.717) is 12.2 Å². The smallest absolute Gasteiger partial charge is 0.418 e. The fourth-order valence-electron chi connectivity index (χ4n) is 2.35. The van der Waals surface area contributed by atoms with Crippen molar-refractivity contribution in [2.45, 2.75) is 32.0 Å². The fraction of sp³-hybridized carbons (Fsp3) is 0.300. The van der Waals surface area contributed by atoms with Crippen molar-refractivity contribution in [2.24, 2.45) is 0 Å². The Kier molecular flexibility index (Phi) is 8.07. The Morgan fingerprint density at radius 2 is 1.86 bits per heavy atom. The highest BCUT2D eigenvalue weighted by Crippen LogP contribution is 2.34. The summed E-state index contributed by atoms with van der Waals surface area (Å²) in [4.78, 5) is 23.9. The number of benzene rings is 2. The Morgan fingerprint density at radius 1 is 1.14 bits per heavy atom. The Balaban J connectivity index is 1.78. The van der Waals surface area contributed by atoms with Gasteiger partial charge in [-0.1, -0.05) is 34.1 Å². The Morgan fingerprint density at radius 3 is 2.55 bits per heavy atom. The summed E-state index contributed by atoms with van der Waals surface area (Å²) in [6, 6.07) is 11.8. The van der Waals surface area contributed by atoms with Crippen LogP contribution >= 0.6 is 15.9 Å². The molecule has 2 aromatic carbocycles. The van der Waals surface area contributed by atoms with Gasteiger partial charge in [0.05, 0.1) is 17.9 Å². The van der Waals surface area contributed by atoms with Crippen molar-refractivity contribution in [2.75, 3.05) is 11.9 Å². The average Bonchev–Trinajstić information content (AvgIpc) is 2.65. The number of alkyl halides is 3. The molecule has 29 heavy (non-hydrogen) atoms. The molecule has 0 saturated carbocycles. The summed E-state index contributed by atoms with van der Waals surface area (Å²) in [5.41, 5.74) is -1.37. The van der Waals surface area contributed by atoms with Gasteiger partial charge in [-0.15, -0.1) is 0 Å². The number of esters is 1. The maximum atomic E-state index is 13.0. The van der Waals surface area contributed by atoms with Crippen LogP contribution in [0, 0.1) is 0 Å². The highest BCUT2D eigenvalue weighted by molar-refractivity contribution is 9.10. The Hall–Kier alpha value is -2.55. The number of carbonyl (C=O) groups excluding carboxylic acids is 2. The van der Waals surface area contributed by atoms with Gasteiger partial charge in [-0.2, -0.15) is 13.2 Å². The first kappa shape index (κ1) is 22.7. The van der Waals surface area contributed by atoms with E-state index in [9.17, 15) is 22.8 Å². The van der Waals surface area contributed by atoms with Crippen molar-refractivity contribution >= 4 is 33.5 Å². The van der Waals surface area contributed by atoms with Gasteiger partial charge in [-0.25, -0.2) is 0 Å². The number of carbonyl (C=O) groups is 2. The number of anilines is 1. The van der Waals surface area contributed by atoms with Gasteiger partial charge in [-0.05, 0) is 43.7 Å². The quantitative estimate of drug-likeness (QED) is 0.422. The van der Waals surface area contributed by atoms with Crippen molar-refractivity contribution in [1.82, 2.24) is 0 Å². The molecule has 1 N–H and O–H groups in total. The second kappa shape index (κ2) is 10.3. The average molecular weight is 474 g/mol. The minimum atomic E-state index is -4.61. The second-order valence-electron chi connectivity index (χ2n) is 6.07. The standard InChI is InChI=1S/C20H19BrF3NO4/c1-13(19(27)25-17-9-3-2-8-16(17)20(22,23)24)29-18(26)10-5-11-28-15-7-4-6-14(21)12-15/h2-4,6-9,12-13H,5,10-11H2,1H3,(H,25,27). The van der Waals surface area contributed by atoms with E-state index in [0.717, 1.165) is 16.6 Å². The van der Waals surface area contributed by atoms with Gasteiger partial charge in [0, 0.05) is 10.9 Å². The van der Waals surface area contributed by atoms with Crippen LogP contribution in [0.4, 0.5) is 18.9 Å². The van der Waals surface area contributed by atoms with Gasteiger partial charge in [0.1, 0.15) is 5.75 Å². The molecule has 0 fully saturated rings. The van der Waals surface area contributed by atoms with Crippen molar-refractivity contribution in [3.05, 3.63) is 58.6 Å². The van der Waals surface area contributed by atoms with Crippen LogP contribution in [-0.4, -0.2) is 24.6 Å². The van der Waals surface area contributed by atoms with E-state index in [4.69, 9.17) is 9.47 Å². The summed E-state index contributed by atoms with van der Waals surface area (Å²) >= 11 is 3.32. The van der Waals surface area contributed by atoms with Gasteiger partial charge < -0.3 is 14.8 Å². The summed E-state index contributed by atoms with van der Waals surface area (Å²) in [6.07, 6.45) is -5.49. The summed E-state index contributed by atoms with van der Waals surface area (Å²) in [7, 11) is 0. The largest absolute Gasteiger partial charge is 0.494 e. The minimum absolute atomic E-state index is 0.00472. The van der Waals surface area contributed by atoms with Crippen LogP contribution < -0.4 is 10.1 Å². The van der Waals surface area contributed by atoms with Crippen molar-refractivity contribution in [3.63, 3.8) is 0 Å². The maximum Gasteiger partial charge on any atom is 0.418 e. The molecule has 0 spiro atoms. The van der Waals surface area contributed by atoms with Gasteiger partial charge in [-0.3, -0.25) is 9.59 Å². The first-order valence-corrected chi connectivity index (χ1v) is 9.51. The van der Waals surface area contributed by atoms with E-state index >= 15 is 0 Å². The third kappa shape index (κ3) is 7.41. The molecule has 1 atom stereocenters. The Bertz CT molecular complexity index is 858. The first-order chi connectivity index (χ1) is 13.7. The number of halogens is 4. The van der Waals surface area contributed by atoms with Gasteiger partial charge in [0.25, 0.3) is 5.91 Å². The molecule has 2 aromatic rings. The zero-order valence-corrected chi connectivity index (χ0v) is 17.0. The number of hydrogen-bond donors (Lipinski definition) is 1. The summed E-state index contributed by atoms with van der Waals surface area (Å²) in [6.45, 7) is 1.56. The number of hydrogen-bond acceptors (Lipinski definition) is 4. The predicted octanol–water partition coefficient (Wildman–Crippen LogP) is 5.20. The van der Waals surface area contributed by atoms with E-state index in [1.54, 1.807) is 12.1 Å². The van der Waals surface area contributed by atoms with Crippen LogP contribution in [0.5, 0.6) is 5.75 Å². The minimum Gasteiger partial charge on any atom is -0.494 e. The molecule has 0 aliphatic carbocycles. The monoisotopic (exact) mass is 473 g/mol. The van der Waals surface area contributed by atoms with E-state index in [2.05, 4.69) is 21.2 Å². The lowest BCUT2D eigenvalue weighted by Crippen LogP contribution is -2.30. The number of amides is 1. The highest BCUT2D eigenvalue weighted by Gasteiger charge is 2.34. The third-order valence-corrected chi connectivity index (χ3v) is 4.25. The highest BCUT2D eigenvalue weighted by atomic mass is 79.9. The molecule has 2 rings (SSSR count). The van der Waals surface area contributed by atoms with E-state index in [1.807, 2.05) is 12.1 Å². The lowest BCUT2D eigenvalue weighted by atomic mass is 10.1. The number of rotatable bonds is 8. The molecule has 0 aliphatic heterocycles. The molecule has 5 nitrogen and oxygen atoms in total. The van der Waals surface area contributed by atoms with Crippen LogP contribution in [0.15, 0.2) is 53.0 Å². The van der Waals surface area contributed by atoms with Gasteiger partial charge in [0.15, 0.2) is 6.10 Å². The molecular formula is C20H19BrF3NO4. The van der Waals surface area contributed by atoms with Gasteiger partial charge in [0.2, 0.25) is 0 Å². The van der Waals surface area contributed by atoms with E-state index in [-0.39, 0.29) is 13.0 Å². The Labute approximate surface area is 174 Å². The lowest BCUT2D eigenvalue weighted by molar-refractivity contribution is -0.153. The summed E-state index contributed by atoms with van der Waals surface area (Å²) in [5.74, 6) is -0.848. The second-order valence-corrected chi connectivity index (χ2v) is 6.99. The molecular weight excluding hydrogens is 455 g/mol. The van der Waals surface area contributed by atoms with E-state index < -0.39 is 35.4 Å². The van der Waals surface area contributed by atoms with Crippen LogP contribution in [0.1, 0.15) is 25.3 Å². The van der Waals surface area contributed by atoms with Crippen LogP contribution in [0.3, 0.4) is 0 Å². The number of para-hydroxylation sites is 1. The van der Waals surface area contributed by atoms with Gasteiger partial charge >= 0.3 is 12.1 Å². The molecule has 1 amide bonds. The molecule has 0 bridgehead atoms. The molecule has 0 aliphatic rings. The normalized spacial score (nSPS) is 12.2. The van der Waals surface area contributed by atoms with Crippen molar-refractivity contribution in [3.8, 4) is 5.75 Å². The first-order valence-electron chi connectivity index (χ1n) is 8.72. The molecule has 0 saturated heterocycles.